The highest BCUT2D eigenvalue weighted by Crippen LogP contribution is 2.19. The number of hydrogen-bond donors (Lipinski definition) is 1. The Labute approximate surface area is 185 Å². The minimum Gasteiger partial charge on any atom is -0.378 e. The topological polar surface area (TPSA) is 86.0 Å². The molecule has 2 aromatic rings. The van der Waals surface area contributed by atoms with Gasteiger partial charge in [-0.1, -0.05) is 18.2 Å². The monoisotopic (exact) mass is 444 g/mol. The van der Waals surface area contributed by atoms with E-state index in [0.29, 0.717) is 70.4 Å². The zero-order valence-electron chi connectivity index (χ0n) is 17.5. The summed E-state index contributed by atoms with van der Waals surface area (Å²) in [6.45, 7) is 4.59. The van der Waals surface area contributed by atoms with Crippen LogP contribution in [0.3, 0.4) is 0 Å². The fourth-order valence-corrected chi connectivity index (χ4v) is 4.80. The number of para-hydroxylation sites is 1. The Kier molecular flexibility index (Phi) is 7.14. The third-order valence-corrected chi connectivity index (χ3v) is 6.72. The van der Waals surface area contributed by atoms with Crippen molar-refractivity contribution in [3.63, 3.8) is 0 Å². The number of nitrogens with one attached hydrogen (secondary N) is 1. The number of benzene rings is 1. The number of H-pyrrole nitrogens is 1. The van der Waals surface area contributed by atoms with Gasteiger partial charge in [-0.15, -0.1) is 11.8 Å². The van der Waals surface area contributed by atoms with E-state index in [-0.39, 0.29) is 17.7 Å². The zero-order chi connectivity index (χ0) is 21.6. The summed E-state index contributed by atoms with van der Waals surface area (Å²) in [5, 5.41) is 1.08. The fourth-order valence-electron chi connectivity index (χ4n) is 3.98. The minimum absolute atomic E-state index is 0.0310. The third-order valence-electron chi connectivity index (χ3n) is 5.82. The number of morpholine rings is 1. The number of piperazine rings is 1. The van der Waals surface area contributed by atoms with Gasteiger partial charge in [-0.2, -0.15) is 0 Å². The normalized spacial score (nSPS) is 17.2. The van der Waals surface area contributed by atoms with Crippen LogP contribution in [0.4, 0.5) is 0 Å². The van der Waals surface area contributed by atoms with Crippen molar-refractivity contribution in [2.24, 2.45) is 0 Å². The van der Waals surface area contributed by atoms with E-state index in [0.717, 1.165) is 16.5 Å². The van der Waals surface area contributed by atoms with Crippen LogP contribution in [0.5, 0.6) is 0 Å². The van der Waals surface area contributed by atoms with Gasteiger partial charge in [-0.3, -0.25) is 14.4 Å². The summed E-state index contributed by atoms with van der Waals surface area (Å²) in [6, 6.07) is 7.96. The standard InChI is InChI=1S/C22H28N4O4S/c27-20(13-17-14-23-19-4-2-1-3-18(17)19)24-5-7-25(8-6-24)21(28)15-31-16-22(29)26-9-11-30-12-10-26/h1-4,14,23H,5-13,15-16H2. The molecule has 8 nitrogen and oxygen atoms in total. The van der Waals surface area contributed by atoms with Gasteiger partial charge in [0.25, 0.3) is 0 Å². The van der Waals surface area contributed by atoms with Gasteiger partial charge in [0.2, 0.25) is 17.7 Å². The van der Waals surface area contributed by atoms with Crippen LogP contribution in [-0.4, -0.2) is 101 Å². The predicted molar refractivity (Wildman–Crippen MR) is 120 cm³/mol. The first-order valence-electron chi connectivity index (χ1n) is 10.7. The average Bonchev–Trinajstić information content (AvgIpc) is 3.22. The number of carbonyl (C=O) groups excluding carboxylic acids is 3. The zero-order valence-corrected chi connectivity index (χ0v) is 18.4. The summed E-state index contributed by atoms with van der Waals surface area (Å²) in [4.78, 5) is 46.0. The lowest BCUT2D eigenvalue weighted by atomic mass is 10.1. The van der Waals surface area contributed by atoms with E-state index in [9.17, 15) is 14.4 Å². The molecule has 0 spiro atoms. The van der Waals surface area contributed by atoms with Gasteiger partial charge < -0.3 is 24.4 Å². The number of aromatic amines is 1. The molecule has 3 heterocycles. The van der Waals surface area contributed by atoms with Crippen LogP contribution in [0.25, 0.3) is 10.9 Å². The first-order valence-corrected chi connectivity index (χ1v) is 11.8. The molecule has 0 atom stereocenters. The summed E-state index contributed by atoms with van der Waals surface area (Å²) in [7, 11) is 0. The summed E-state index contributed by atoms with van der Waals surface area (Å²) in [6.07, 6.45) is 2.26. The van der Waals surface area contributed by atoms with E-state index in [1.54, 1.807) is 9.80 Å². The number of rotatable bonds is 6. The molecule has 0 bridgehead atoms. The molecule has 2 aliphatic rings. The molecule has 0 unspecified atom stereocenters. The van der Waals surface area contributed by atoms with Gasteiger partial charge in [0.1, 0.15) is 0 Å². The number of fused-ring (bicyclic) bond motifs is 1. The highest BCUT2D eigenvalue weighted by molar-refractivity contribution is 8.00. The predicted octanol–water partition coefficient (Wildman–Crippen LogP) is 0.973. The SMILES string of the molecule is O=C(CSCC(=O)N1CCN(C(=O)Cc2c[nH]c3ccccc23)CC1)N1CCOCC1. The molecule has 166 valence electrons. The molecular weight excluding hydrogens is 416 g/mol. The van der Waals surface area contributed by atoms with Gasteiger partial charge in [0, 0.05) is 56.4 Å². The number of amides is 3. The Morgan fingerprint density at radius 3 is 2.10 bits per heavy atom. The van der Waals surface area contributed by atoms with Crippen molar-refractivity contribution in [1.29, 1.82) is 0 Å². The second-order valence-electron chi connectivity index (χ2n) is 7.78. The molecule has 1 aromatic carbocycles. The Balaban J connectivity index is 1.18. The maximum absolute atomic E-state index is 12.7. The van der Waals surface area contributed by atoms with Crippen LogP contribution < -0.4 is 0 Å². The third kappa shape index (κ3) is 5.40. The fraction of sp³-hybridized carbons (Fsp3) is 0.500. The summed E-state index contributed by atoms with van der Waals surface area (Å²) >= 11 is 1.36. The first-order chi connectivity index (χ1) is 15.1. The Hall–Kier alpha value is -2.52. The molecule has 2 fully saturated rings. The molecule has 3 amide bonds. The Morgan fingerprint density at radius 2 is 1.42 bits per heavy atom. The minimum atomic E-state index is 0.0310. The highest BCUT2D eigenvalue weighted by atomic mass is 32.2. The van der Waals surface area contributed by atoms with Crippen LogP contribution in [0, 0.1) is 0 Å². The molecule has 2 aliphatic heterocycles. The van der Waals surface area contributed by atoms with Crippen molar-refractivity contribution in [3.05, 3.63) is 36.0 Å². The van der Waals surface area contributed by atoms with Crippen molar-refractivity contribution in [3.8, 4) is 0 Å². The Bertz CT molecular complexity index is 932. The van der Waals surface area contributed by atoms with E-state index in [4.69, 9.17) is 4.74 Å². The van der Waals surface area contributed by atoms with Crippen molar-refractivity contribution < 1.29 is 19.1 Å². The van der Waals surface area contributed by atoms with Crippen LogP contribution in [-0.2, 0) is 25.5 Å². The molecule has 4 rings (SSSR count). The van der Waals surface area contributed by atoms with Gasteiger partial charge in [-0.05, 0) is 11.6 Å². The van der Waals surface area contributed by atoms with Crippen molar-refractivity contribution in [1.82, 2.24) is 19.7 Å². The van der Waals surface area contributed by atoms with Gasteiger partial charge in [0.15, 0.2) is 0 Å². The largest absolute Gasteiger partial charge is 0.378 e. The molecule has 0 saturated carbocycles. The summed E-state index contributed by atoms with van der Waals surface area (Å²) < 4.78 is 5.25. The van der Waals surface area contributed by atoms with Crippen molar-refractivity contribution in [2.45, 2.75) is 6.42 Å². The van der Waals surface area contributed by atoms with Crippen LogP contribution in [0.1, 0.15) is 5.56 Å². The van der Waals surface area contributed by atoms with E-state index in [1.165, 1.54) is 11.8 Å². The van der Waals surface area contributed by atoms with E-state index < -0.39 is 0 Å². The number of carbonyl (C=O) groups is 3. The number of nitrogens with zero attached hydrogens (tertiary/aromatic N) is 3. The lowest BCUT2D eigenvalue weighted by molar-refractivity contribution is -0.137. The van der Waals surface area contributed by atoms with Crippen LogP contribution in [0.15, 0.2) is 30.5 Å². The van der Waals surface area contributed by atoms with Crippen molar-refractivity contribution >= 4 is 40.4 Å². The number of aromatic nitrogens is 1. The van der Waals surface area contributed by atoms with Gasteiger partial charge in [0.05, 0.1) is 31.1 Å². The quantitative estimate of drug-likeness (QED) is 0.718. The smallest absolute Gasteiger partial charge is 0.232 e. The average molecular weight is 445 g/mol. The highest BCUT2D eigenvalue weighted by Gasteiger charge is 2.25. The molecule has 31 heavy (non-hydrogen) atoms. The maximum atomic E-state index is 12.7. The Morgan fingerprint density at radius 1 is 0.839 bits per heavy atom. The van der Waals surface area contributed by atoms with Crippen molar-refractivity contribution in [2.75, 3.05) is 64.0 Å². The second kappa shape index (κ2) is 10.2. The molecule has 1 N–H and O–H groups in total. The second-order valence-corrected chi connectivity index (χ2v) is 8.77. The van der Waals surface area contributed by atoms with Gasteiger partial charge in [-0.25, -0.2) is 0 Å². The molecule has 0 aliphatic carbocycles. The molecule has 9 heteroatoms. The molecule has 0 radical (unpaired) electrons. The molecule has 2 saturated heterocycles. The van der Waals surface area contributed by atoms with E-state index in [1.807, 2.05) is 35.4 Å². The summed E-state index contributed by atoms with van der Waals surface area (Å²) in [5.74, 6) is 0.786. The van der Waals surface area contributed by atoms with Crippen LogP contribution in [0.2, 0.25) is 0 Å². The lowest BCUT2D eigenvalue weighted by Crippen LogP contribution is -2.51. The summed E-state index contributed by atoms with van der Waals surface area (Å²) in [5.41, 5.74) is 2.03. The van der Waals surface area contributed by atoms with Crippen LogP contribution >= 0.6 is 11.8 Å². The number of thioether (sulfide) groups is 1. The molecular formula is C22H28N4O4S. The lowest BCUT2D eigenvalue weighted by Gasteiger charge is -2.35. The first kappa shape index (κ1) is 21.7. The maximum Gasteiger partial charge on any atom is 0.232 e. The van der Waals surface area contributed by atoms with E-state index in [2.05, 4.69) is 4.98 Å². The van der Waals surface area contributed by atoms with E-state index >= 15 is 0 Å². The van der Waals surface area contributed by atoms with Gasteiger partial charge >= 0.3 is 0 Å². The number of hydrogen-bond acceptors (Lipinski definition) is 5. The number of ether oxygens (including phenoxy) is 1. The molecule has 1 aromatic heterocycles.